The number of ether oxygens (including phenoxy) is 4. The molecule has 0 saturated heterocycles. The molecule has 10 nitrogen and oxygen atoms in total. The molecule has 2 aliphatic rings. The van der Waals surface area contributed by atoms with Gasteiger partial charge in [0.25, 0.3) is 11.8 Å². The molecule has 0 spiro atoms. The molecule has 50 heavy (non-hydrogen) atoms. The van der Waals surface area contributed by atoms with Crippen molar-refractivity contribution in [3.05, 3.63) is 128 Å². The quantitative estimate of drug-likeness (QED) is 0.149. The summed E-state index contributed by atoms with van der Waals surface area (Å²) in [7, 11) is 6.24. The maximum atomic E-state index is 14.0. The van der Waals surface area contributed by atoms with Crippen molar-refractivity contribution in [3.63, 3.8) is 0 Å². The number of hydrogen-bond acceptors (Lipinski definition) is 8. The molecule has 12 heteroatoms. The van der Waals surface area contributed by atoms with Crippen LogP contribution < -0.4 is 18.9 Å². The number of nitrogens with zero attached hydrogens (tertiary/aromatic N) is 4. The molecule has 0 fully saturated rings. The molecule has 0 radical (unpaired) electrons. The van der Waals surface area contributed by atoms with E-state index in [0.29, 0.717) is 34.7 Å². The largest absolute Gasteiger partial charge is 0.493 e. The third-order valence-electron chi connectivity index (χ3n) is 8.07. The fraction of sp³-hybridized carbons (Fsp3) is 0.158. The maximum Gasteiger partial charge on any atom is 0.278 e. The van der Waals surface area contributed by atoms with E-state index in [1.807, 2.05) is 60.7 Å². The lowest BCUT2D eigenvalue weighted by Gasteiger charge is -2.24. The molecule has 2 aliphatic heterocycles. The highest BCUT2D eigenvalue weighted by molar-refractivity contribution is 9.10. The van der Waals surface area contributed by atoms with Gasteiger partial charge >= 0.3 is 0 Å². The predicted molar refractivity (Wildman–Crippen MR) is 200 cm³/mol. The van der Waals surface area contributed by atoms with Crippen LogP contribution in [0, 0.1) is 0 Å². The molecule has 0 atom stereocenters. The molecular formula is C38H32Br2N4O6. The SMILES string of the molecule is COc1ccc(C=C2N=C(c3ccc(Br)cc3)N(CCN3C(=O)C(=Cc4ccc(OC)c(OC)c4)N=C3c3ccc(Br)cc3)C2=O)cc1OC. The maximum absolute atomic E-state index is 14.0. The monoisotopic (exact) mass is 798 g/mol. The van der Waals surface area contributed by atoms with E-state index in [2.05, 4.69) is 31.9 Å². The standard InChI is InChI=1S/C38H32Br2N4O6/c1-47-31-15-5-23(21-33(31)49-3)19-29-37(45)43(35(41-29)25-7-11-27(39)12-8-25)17-18-44-36(26-9-13-28(40)14-10-26)42-30(38(44)46)20-24-6-16-32(48-2)34(22-24)50-4/h5-16,19-22H,17-18H2,1-4H3. The zero-order valence-corrected chi connectivity index (χ0v) is 30.8. The molecule has 6 rings (SSSR count). The molecule has 2 amide bonds. The Morgan fingerprint density at radius 1 is 0.540 bits per heavy atom. The van der Waals surface area contributed by atoms with Crippen LogP contribution in [0.5, 0.6) is 23.0 Å². The van der Waals surface area contributed by atoms with Crippen LogP contribution in [0.15, 0.2) is 115 Å². The molecule has 254 valence electrons. The van der Waals surface area contributed by atoms with Gasteiger partial charge in [0, 0.05) is 33.2 Å². The zero-order chi connectivity index (χ0) is 35.4. The second-order valence-corrected chi connectivity index (χ2v) is 12.9. The van der Waals surface area contributed by atoms with Crippen LogP contribution in [0.1, 0.15) is 22.3 Å². The summed E-state index contributed by atoms with van der Waals surface area (Å²) in [5.41, 5.74) is 3.44. The molecule has 4 aromatic rings. The number of rotatable bonds is 11. The summed E-state index contributed by atoms with van der Waals surface area (Å²) in [6.07, 6.45) is 3.42. The van der Waals surface area contributed by atoms with Gasteiger partial charge in [-0.25, -0.2) is 9.98 Å². The average Bonchev–Trinajstić information content (AvgIpc) is 3.61. The normalized spacial score (nSPS) is 15.9. The van der Waals surface area contributed by atoms with Crippen molar-refractivity contribution < 1.29 is 28.5 Å². The Morgan fingerprint density at radius 2 is 0.900 bits per heavy atom. The Bertz CT molecular complexity index is 1930. The predicted octanol–water partition coefficient (Wildman–Crippen LogP) is 7.21. The van der Waals surface area contributed by atoms with Gasteiger partial charge in [-0.05, 0) is 71.8 Å². The van der Waals surface area contributed by atoms with Gasteiger partial charge in [0.05, 0.1) is 28.4 Å². The molecule has 0 bridgehead atoms. The summed E-state index contributed by atoms with van der Waals surface area (Å²) >= 11 is 6.98. The van der Waals surface area contributed by atoms with Gasteiger partial charge in [0.2, 0.25) is 0 Å². The first-order valence-corrected chi connectivity index (χ1v) is 17.0. The van der Waals surface area contributed by atoms with E-state index in [1.165, 1.54) is 0 Å². The van der Waals surface area contributed by atoms with E-state index >= 15 is 0 Å². The van der Waals surface area contributed by atoms with Gasteiger partial charge in [-0.1, -0.05) is 68.3 Å². The van der Waals surface area contributed by atoms with E-state index in [4.69, 9.17) is 28.9 Å². The van der Waals surface area contributed by atoms with Gasteiger partial charge in [-0.3, -0.25) is 19.4 Å². The van der Waals surface area contributed by atoms with Gasteiger partial charge < -0.3 is 18.9 Å². The summed E-state index contributed by atoms with van der Waals surface area (Å²) in [5.74, 6) is 2.57. The van der Waals surface area contributed by atoms with Crippen LogP contribution in [0.2, 0.25) is 0 Å². The Kier molecular flexibility index (Phi) is 10.5. The highest BCUT2D eigenvalue weighted by atomic mass is 79.9. The number of hydrogen-bond donors (Lipinski definition) is 0. The highest BCUT2D eigenvalue weighted by Gasteiger charge is 2.35. The Hall–Kier alpha value is -5.20. The fourth-order valence-corrected chi connectivity index (χ4v) is 6.08. The minimum atomic E-state index is -0.299. The number of methoxy groups -OCH3 is 4. The number of carbonyl (C=O) groups excluding carboxylic acids is 2. The van der Waals surface area contributed by atoms with Crippen LogP contribution in [0.3, 0.4) is 0 Å². The molecule has 0 unspecified atom stereocenters. The number of benzene rings is 4. The Morgan fingerprint density at radius 3 is 1.24 bits per heavy atom. The molecule has 0 aliphatic carbocycles. The second kappa shape index (κ2) is 15.1. The minimum Gasteiger partial charge on any atom is -0.493 e. The van der Waals surface area contributed by atoms with Gasteiger partial charge in [-0.15, -0.1) is 0 Å². The van der Waals surface area contributed by atoms with Crippen molar-refractivity contribution in [1.82, 2.24) is 9.80 Å². The first-order chi connectivity index (χ1) is 24.2. The molecule has 0 saturated carbocycles. The van der Waals surface area contributed by atoms with E-state index in [9.17, 15) is 9.59 Å². The van der Waals surface area contributed by atoms with Crippen molar-refractivity contribution in [2.24, 2.45) is 9.98 Å². The summed E-state index contributed by atoms with van der Waals surface area (Å²) in [5, 5.41) is 0. The molecular weight excluding hydrogens is 768 g/mol. The number of aliphatic imine (C=N–C) groups is 2. The van der Waals surface area contributed by atoms with Crippen LogP contribution in [-0.2, 0) is 9.59 Å². The molecule has 2 heterocycles. The smallest absolute Gasteiger partial charge is 0.278 e. The lowest BCUT2D eigenvalue weighted by atomic mass is 10.1. The summed E-state index contributed by atoms with van der Waals surface area (Å²) in [6, 6.07) is 25.9. The van der Waals surface area contributed by atoms with Crippen LogP contribution in [0.25, 0.3) is 12.2 Å². The number of amidine groups is 2. The summed E-state index contributed by atoms with van der Waals surface area (Å²) < 4.78 is 23.4. The first-order valence-electron chi connectivity index (χ1n) is 15.4. The lowest BCUT2D eigenvalue weighted by molar-refractivity contribution is -0.125. The number of halogens is 2. The van der Waals surface area contributed by atoms with E-state index in [0.717, 1.165) is 31.2 Å². The molecule has 0 N–H and O–H groups in total. The molecule has 4 aromatic carbocycles. The summed E-state index contributed by atoms with van der Waals surface area (Å²) in [4.78, 5) is 40.8. The Labute approximate surface area is 306 Å². The van der Waals surface area contributed by atoms with Crippen LogP contribution >= 0.6 is 31.9 Å². The Balaban J connectivity index is 1.33. The van der Waals surface area contributed by atoms with Crippen LogP contribution in [0.4, 0.5) is 0 Å². The number of carbonyl (C=O) groups is 2. The zero-order valence-electron chi connectivity index (χ0n) is 27.6. The topological polar surface area (TPSA) is 102 Å². The third-order valence-corrected chi connectivity index (χ3v) is 9.12. The van der Waals surface area contributed by atoms with E-state index < -0.39 is 0 Å². The average molecular weight is 801 g/mol. The van der Waals surface area contributed by atoms with Crippen molar-refractivity contribution in [1.29, 1.82) is 0 Å². The van der Waals surface area contributed by atoms with Gasteiger partial charge in [0.1, 0.15) is 23.1 Å². The minimum absolute atomic E-state index is 0.155. The van der Waals surface area contributed by atoms with Gasteiger partial charge in [0.15, 0.2) is 23.0 Å². The van der Waals surface area contributed by atoms with E-state index in [1.54, 1.807) is 74.7 Å². The third kappa shape index (κ3) is 7.22. The van der Waals surface area contributed by atoms with Crippen molar-refractivity contribution in [2.75, 3.05) is 41.5 Å². The van der Waals surface area contributed by atoms with Crippen molar-refractivity contribution in [3.8, 4) is 23.0 Å². The second-order valence-electron chi connectivity index (χ2n) is 11.1. The molecule has 0 aromatic heterocycles. The lowest BCUT2D eigenvalue weighted by Crippen LogP contribution is -2.42. The van der Waals surface area contributed by atoms with Gasteiger partial charge in [-0.2, -0.15) is 0 Å². The van der Waals surface area contributed by atoms with Crippen molar-refractivity contribution in [2.45, 2.75) is 0 Å². The first kappa shape index (κ1) is 34.7. The van der Waals surface area contributed by atoms with E-state index in [-0.39, 0.29) is 36.3 Å². The van der Waals surface area contributed by atoms with Crippen molar-refractivity contribution >= 4 is 67.5 Å². The van der Waals surface area contributed by atoms with Crippen LogP contribution in [-0.4, -0.2) is 74.8 Å². The number of amides is 2. The summed E-state index contributed by atoms with van der Waals surface area (Å²) in [6.45, 7) is 0.309. The highest BCUT2D eigenvalue weighted by Crippen LogP contribution is 2.32. The fourth-order valence-electron chi connectivity index (χ4n) is 5.56.